The molecule has 266 valence electrons. The smallest absolute Gasteiger partial charge is 0.0839 e. The second-order valence-corrected chi connectivity index (χ2v) is 16.7. The lowest BCUT2D eigenvalue weighted by molar-refractivity contribution is -0.928. The van der Waals surface area contributed by atoms with Crippen LogP contribution in [-0.4, -0.2) is 94.5 Å². The molecule has 0 saturated carbocycles. The molecule has 0 unspecified atom stereocenters. The molecule has 0 N–H and O–H groups in total. The molecule has 0 aromatic heterocycles. The van der Waals surface area contributed by atoms with Crippen LogP contribution in [0.4, 0.5) is 0 Å². The lowest BCUT2D eigenvalue weighted by atomic mass is 10.0. The molecule has 0 amide bonds. The Hall–Kier alpha value is -0.120. The molecule has 0 heterocycles. The maximum atomic E-state index is 2.61. The van der Waals surface area contributed by atoms with Crippen molar-refractivity contribution in [2.24, 2.45) is 0 Å². The number of hydrogen-bond donors (Lipinski definition) is 0. The summed E-state index contributed by atoms with van der Waals surface area (Å²) in [6.45, 7) is 16.5. The number of hydrogen-bond acceptors (Lipinski definition) is 0. The maximum Gasteiger partial charge on any atom is 0.0839 e. The van der Waals surface area contributed by atoms with Crippen LogP contribution in [0.1, 0.15) is 188 Å². The van der Waals surface area contributed by atoms with Crippen LogP contribution in [-0.2, 0) is 0 Å². The first-order chi connectivity index (χ1) is 21.1. The average Bonchev–Trinajstić information content (AvgIpc) is 2.97. The SMILES string of the molecule is CCCCCCCCCCCCCC[N+](C)(CCC[N+](C)(C)CCCCCCCC)CCC[N+](C)(C)CCCCCCCC. The Morgan fingerprint density at radius 3 is 0.727 bits per heavy atom. The van der Waals surface area contributed by atoms with Crippen molar-refractivity contribution in [3.05, 3.63) is 0 Å². The van der Waals surface area contributed by atoms with Gasteiger partial charge >= 0.3 is 0 Å². The van der Waals surface area contributed by atoms with Gasteiger partial charge in [-0.1, -0.05) is 136 Å². The van der Waals surface area contributed by atoms with E-state index in [9.17, 15) is 0 Å². The molecule has 0 aliphatic carbocycles. The molecule has 0 aromatic rings. The van der Waals surface area contributed by atoms with Gasteiger partial charge in [0.05, 0.1) is 81.1 Å². The Labute approximate surface area is 281 Å². The first-order valence-corrected chi connectivity index (χ1v) is 20.6. The highest BCUT2D eigenvalue weighted by molar-refractivity contribution is 4.52. The molecular formula is C41H90N3+3. The first-order valence-electron chi connectivity index (χ1n) is 20.6. The largest absolute Gasteiger partial charge is 0.328 e. The van der Waals surface area contributed by atoms with Crippen molar-refractivity contribution in [3.63, 3.8) is 0 Å². The van der Waals surface area contributed by atoms with Gasteiger partial charge in [-0.3, -0.25) is 0 Å². The van der Waals surface area contributed by atoms with E-state index in [2.05, 4.69) is 56.0 Å². The zero-order chi connectivity index (χ0) is 32.8. The average molecular weight is 625 g/mol. The lowest BCUT2D eigenvalue weighted by Gasteiger charge is -2.38. The second-order valence-electron chi connectivity index (χ2n) is 16.7. The summed E-state index contributed by atoms with van der Waals surface area (Å²) in [6.07, 6.45) is 37.2. The second kappa shape index (κ2) is 29.1. The summed E-state index contributed by atoms with van der Waals surface area (Å²) in [5.74, 6) is 0. The van der Waals surface area contributed by atoms with Crippen molar-refractivity contribution in [2.75, 3.05) is 81.1 Å². The van der Waals surface area contributed by atoms with Crippen molar-refractivity contribution in [1.29, 1.82) is 0 Å². The molecule has 0 saturated heterocycles. The topological polar surface area (TPSA) is 0 Å². The summed E-state index contributed by atoms with van der Waals surface area (Å²) in [6, 6.07) is 0. The summed E-state index contributed by atoms with van der Waals surface area (Å²) >= 11 is 0. The molecule has 0 aliphatic rings. The number of nitrogens with zero attached hydrogens (tertiary/aromatic N) is 3. The van der Waals surface area contributed by atoms with E-state index in [4.69, 9.17) is 0 Å². The Kier molecular flexibility index (Phi) is 29.0. The quantitative estimate of drug-likeness (QED) is 0.0486. The molecule has 0 aromatic carbocycles. The van der Waals surface area contributed by atoms with Gasteiger partial charge in [-0.05, 0) is 38.5 Å². The van der Waals surface area contributed by atoms with E-state index >= 15 is 0 Å². The molecule has 0 aliphatic heterocycles. The molecule has 0 spiro atoms. The minimum absolute atomic E-state index is 1.22. The highest BCUT2D eigenvalue weighted by atomic mass is 15.4. The van der Waals surface area contributed by atoms with Gasteiger partial charge in [0.1, 0.15) is 0 Å². The molecule has 3 nitrogen and oxygen atoms in total. The third-order valence-corrected chi connectivity index (χ3v) is 10.7. The summed E-state index contributed by atoms with van der Waals surface area (Å²) in [7, 11) is 12.6. The van der Waals surface area contributed by atoms with Crippen LogP contribution < -0.4 is 0 Å². The van der Waals surface area contributed by atoms with E-state index < -0.39 is 0 Å². The summed E-state index contributed by atoms with van der Waals surface area (Å²) < 4.78 is 3.74. The zero-order valence-electron chi connectivity index (χ0n) is 32.7. The fourth-order valence-electron chi connectivity index (χ4n) is 7.29. The van der Waals surface area contributed by atoms with E-state index in [0.29, 0.717) is 0 Å². The van der Waals surface area contributed by atoms with Crippen LogP contribution >= 0.6 is 0 Å². The lowest BCUT2D eigenvalue weighted by Crippen LogP contribution is -2.50. The van der Waals surface area contributed by atoms with Gasteiger partial charge in [-0.15, -0.1) is 0 Å². The fraction of sp³-hybridized carbons (Fsp3) is 1.00. The monoisotopic (exact) mass is 625 g/mol. The van der Waals surface area contributed by atoms with E-state index in [1.54, 1.807) is 0 Å². The third kappa shape index (κ3) is 29.3. The molecule has 0 radical (unpaired) electrons. The first kappa shape index (κ1) is 43.9. The van der Waals surface area contributed by atoms with Gasteiger partial charge in [0.15, 0.2) is 0 Å². The fourth-order valence-corrected chi connectivity index (χ4v) is 7.29. The van der Waals surface area contributed by atoms with Crippen molar-refractivity contribution in [2.45, 2.75) is 188 Å². The van der Waals surface area contributed by atoms with Crippen LogP contribution in [0.3, 0.4) is 0 Å². The molecule has 0 atom stereocenters. The predicted molar refractivity (Wildman–Crippen MR) is 202 cm³/mol. The Morgan fingerprint density at radius 1 is 0.227 bits per heavy atom. The molecule has 0 bridgehead atoms. The minimum atomic E-state index is 1.22. The van der Waals surface area contributed by atoms with E-state index in [-0.39, 0.29) is 0 Å². The van der Waals surface area contributed by atoms with Crippen molar-refractivity contribution in [1.82, 2.24) is 0 Å². The Balaban J connectivity index is 4.56. The van der Waals surface area contributed by atoms with Gasteiger partial charge in [0.2, 0.25) is 0 Å². The van der Waals surface area contributed by atoms with Crippen LogP contribution in [0.5, 0.6) is 0 Å². The molecular weight excluding hydrogens is 534 g/mol. The predicted octanol–water partition coefficient (Wildman–Crippen LogP) is 11.8. The third-order valence-electron chi connectivity index (χ3n) is 10.7. The van der Waals surface area contributed by atoms with Gasteiger partial charge < -0.3 is 13.4 Å². The zero-order valence-corrected chi connectivity index (χ0v) is 32.7. The van der Waals surface area contributed by atoms with Gasteiger partial charge in [-0.25, -0.2) is 0 Å². The van der Waals surface area contributed by atoms with Crippen LogP contribution in [0.2, 0.25) is 0 Å². The maximum absolute atomic E-state index is 2.61. The van der Waals surface area contributed by atoms with Crippen LogP contribution in [0, 0.1) is 0 Å². The summed E-state index contributed by atoms with van der Waals surface area (Å²) in [4.78, 5) is 0. The van der Waals surface area contributed by atoms with Gasteiger partial charge in [0.25, 0.3) is 0 Å². The number of quaternary nitrogens is 3. The molecule has 0 rings (SSSR count). The Bertz CT molecular complexity index is 550. The number of unbranched alkanes of at least 4 members (excludes halogenated alkanes) is 21. The van der Waals surface area contributed by atoms with E-state index in [0.717, 1.165) is 0 Å². The molecule has 3 heteroatoms. The van der Waals surface area contributed by atoms with Crippen molar-refractivity contribution in [3.8, 4) is 0 Å². The van der Waals surface area contributed by atoms with E-state index in [1.807, 2.05) is 0 Å². The van der Waals surface area contributed by atoms with Crippen molar-refractivity contribution >= 4 is 0 Å². The standard InChI is InChI=1S/C41H90N3/c1-9-12-15-18-21-22-23-24-25-26-29-32-39-44(8,40-33-37-42(4,5)35-30-27-19-16-13-10-2)41-34-38-43(6,7)36-31-28-20-17-14-11-3/h9-41H2,1-8H3/q+3. The van der Waals surface area contributed by atoms with Crippen molar-refractivity contribution < 1.29 is 13.4 Å². The highest BCUT2D eigenvalue weighted by Crippen LogP contribution is 2.17. The van der Waals surface area contributed by atoms with Gasteiger partial charge in [-0.2, -0.15) is 0 Å². The minimum Gasteiger partial charge on any atom is -0.328 e. The van der Waals surface area contributed by atoms with E-state index in [1.165, 1.54) is 226 Å². The highest BCUT2D eigenvalue weighted by Gasteiger charge is 2.25. The molecule has 44 heavy (non-hydrogen) atoms. The summed E-state index contributed by atoms with van der Waals surface area (Å²) in [5, 5.41) is 0. The normalized spacial score (nSPS) is 12.8. The summed E-state index contributed by atoms with van der Waals surface area (Å²) in [5.41, 5.74) is 0. The Morgan fingerprint density at radius 2 is 0.432 bits per heavy atom. The number of rotatable bonds is 35. The van der Waals surface area contributed by atoms with Crippen LogP contribution in [0.15, 0.2) is 0 Å². The van der Waals surface area contributed by atoms with Crippen LogP contribution in [0.25, 0.3) is 0 Å². The molecule has 0 fully saturated rings. The van der Waals surface area contributed by atoms with Gasteiger partial charge in [0, 0.05) is 12.8 Å².